The van der Waals surface area contributed by atoms with Crippen molar-refractivity contribution in [1.29, 1.82) is 0 Å². The molecule has 0 nitrogen and oxygen atoms in total. The van der Waals surface area contributed by atoms with E-state index in [1.165, 1.54) is 38.6 Å². The Labute approximate surface area is 120 Å². The van der Waals surface area contributed by atoms with Crippen molar-refractivity contribution < 1.29 is 0 Å². The lowest BCUT2D eigenvalue weighted by molar-refractivity contribution is 0.592. The van der Waals surface area contributed by atoms with Crippen molar-refractivity contribution in [2.24, 2.45) is 0 Å². The Morgan fingerprint density at radius 3 is 1.95 bits per heavy atom. The maximum Gasteiger partial charge on any atom is -0.00263 e. The van der Waals surface area contributed by atoms with Crippen LogP contribution in [0.5, 0.6) is 0 Å². The van der Waals surface area contributed by atoms with Crippen LogP contribution in [0.1, 0.15) is 26.3 Å². The second-order valence-electron chi connectivity index (χ2n) is 6.69. The molecule has 20 heavy (non-hydrogen) atoms. The van der Waals surface area contributed by atoms with Gasteiger partial charge in [-0.1, -0.05) is 75.4 Å². The molecule has 0 N–H and O–H groups in total. The van der Waals surface area contributed by atoms with Gasteiger partial charge in [0.15, 0.2) is 0 Å². The molecule has 0 bridgehead atoms. The first-order valence-electron chi connectivity index (χ1n) is 7.23. The minimum Gasteiger partial charge on any atom is -0.0613 e. The minimum atomic E-state index is 0.162. The Balaban J connectivity index is 2.20. The van der Waals surface area contributed by atoms with Crippen LogP contribution in [-0.2, 0) is 5.41 Å². The number of hydrogen-bond donors (Lipinski definition) is 0. The molecule has 0 fully saturated rings. The molecule has 0 aliphatic heterocycles. The molecule has 0 amide bonds. The zero-order chi connectivity index (χ0) is 13.9. The molecule has 0 heterocycles. The van der Waals surface area contributed by atoms with Crippen molar-refractivity contribution >= 4 is 10.8 Å². The van der Waals surface area contributed by atoms with Gasteiger partial charge in [0.25, 0.3) is 0 Å². The van der Waals surface area contributed by atoms with Gasteiger partial charge >= 0.3 is 0 Å². The largest absolute Gasteiger partial charge is 0.0613 e. The van der Waals surface area contributed by atoms with Gasteiger partial charge in [-0.2, -0.15) is 0 Å². The molecule has 0 unspecified atom stereocenters. The van der Waals surface area contributed by atoms with Gasteiger partial charge in [0.2, 0.25) is 0 Å². The van der Waals surface area contributed by atoms with E-state index in [2.05, 4.69) is 75.4 Å². The van der Waals surface area contributed by atoms with Crippen molar-refractivity contribution in [3.05, 3.63) is 60.2 Å². The third-order valence-electron chi connectivity index (χ3n) is 4.34. The maximum absolute atomic E-state index is 2.30. The van der Waals surface area contributed by atoms with E-state index in [0.29, 0.717) is 0 Å². The van der Waals surface area contributed by atoms with Crippen molar-refractivity contribution in [2.75, 3.05) is 0 Å². The van der Waals surface area contributed by atoms with Crippen LogP contribution >= 0.6 is 0 Å². The molecule has 3 aromatic rings. The molecule has 98 valence electrons. The van der Waals surface area contributed by atoms with Gasteiger partial charge in [0, 0.05) is 0 Å². The average molecular weight is 258 g/mol. The summed E-state index contributed by atoms with van der Waals surface area (Å²) < 4.78 is 0. The first kappa shape index (κ1) is 11.7. The Bertz CT molecular complexity index is 827. The fourth-order valence-electron chi connectivity index (χ4n) is 3.47. The second-order valence-corrected chi connectivity index (χ2v) is 6.69. The zero-order valence-electron chi connectivity index (χ0n) is 12.2. The molecule has 0 atom stereocenters. The van der Waals surface area contributed by atoms with Crippen molar-refractivity contribution in [1.82, 2.24) is 0 Å². The lowest BCUT2D eigenvalue weighted by Gasteiger charge is -2.23. The molecule has 4 rings (SSSR count). The standard InChI is InChI=1S/C20H18/c1-20(2,3)17-12-6-10-15-14-9-4-7-13-8-5-11-16(18(13)14)19(15)17/h4-12H,1-3H3. The van der Waals surface area contributed by atoms with Crippen LogP contribution in [0, 0.1) is 0 Å². The smallest absolute Gasteiger partial charge is 0.00263 e. The van der Waals surface area contributed by atoms with E-state index in [4.69, 9.17) is 0 Å². The van der Waals surface area contributed by atoms with E-state index < -0.39 is 0 Å². The summed E-state index contributed by atoms with van der Waals surface area (Å²) in [4.78, 5) is 0. The zero-order valence-corrected chi connectivity index (χ0v) is 12.2. The number of hydrogen-bond acceptors (Lipinski definition) is 0. The lowest BCUT2D eigenvalue weighted by atomic mass is 9.81. The van der Waals surface area contributed by atoms with Crippen LogP contribution in [0.25, 0.3) is 33.0 Å². The van der Waals surface area contributed by atoms with E-state index >= 15 is 0 Å². The summed E-state index contributed by atoms with van der Waals surface area (Å²) in [6.45, 7) is 6.89. The van der Waals surface area contributed by atoms with E-state index in [9.17, 15) is 0 Å². The van der Waals surface area contributed by atoms with Crippen LogP contribution in [-0.4, -0.2) is 0 Å². The summed E-state index contributed by atoms with van der Waals surface area (Å²) in [5, 5.41) is 2.76. The molecule has 0 saturated carbocycles. The Hall–Kier alpha value is -2.08. The topological polar surface area (TPSA) is 0 Å². The molecule has 3 aromatic carbocycles. The Morgan fingerprint density at radius 2 is 1.25 bits per heavy atom. The van der Waals surface area contributed by atoms with Crippen molar-refractivity contribution in [3.63, 3.8) is 0 Å². The normalized spacial score (nSPS) is 12.8. The molecule has 0 spiro atoms. The Morgan fingerprint density at radius 1 is 0.650 bits per heavy atom. The van der Waals surface area contributed by atoms with Crippen LogP contribution < -0.4 is 0 Å². The highest BCUT2D eigenvalue weighted by molar-refractivity contribution is 6.15. The van der Waals surface area contributed by atoms with Gasteiger partial charge in [0.05, 0.1) is 0 Å². The summed E-state index contributed by atoms with van der Waals surface area (Å²) in [5.41, 5.74) is 7.22. The quantitative estimate of drug-likeness (QED) is 0.375. The highest BCUT2D eigenvalue weighted by Crippen LogP contribution is 2.50. The summed E-state index contributed by atoms with van der Waals surface area (Å²) in [6.07, 6.45) is 0. The minimum absolute atomic E-state index is 0.162. The van der Waals surface area contributed by atoms with Crippen LogP contribution in [0.4, 0.5) is 0 Å². The predicted molar refractivity (Wildman–Crippen MR) is 87.1 cm³/mol. The average Bonchev–Trinajstić information content (AvgIpc) is 2.75. The van der Waals surface area contributed by atoms with Crippen LogP contribution in [0.15, 0.2) is 54.6 Å². The molecular formula is C20H18. The van der Waals surface area contributed by atoms with Gasteiger partial charge in [-0.3, -0.25) is 0 Å². The summed E-state index contributed by atoms with van der Waals surface area (Å²) in [6, 6.07) is 20.0. The van der Waals surface area contributed by atoms with Crippen LogP contribution in [0.2, 0.25) is 0 Å². The second kappa shape index (κ2) is 3.73. The van der Waals surface area contributed by atoms with Crippen LogP contribution in [0.3, 0.4) is 0 Å². The van der Waals surface area contributed by atoms with Crippen molar-refractivity contribution in [2.45, 2.75) is 26.2 Å². The summed E-state index contributed by atoms with van der Waals surface area (Å²) in [7, 11) is 0. The molecule has 0 aromatic heterocycles. The molecule has 0 saturated heterocycles. The first-order valence-corrected chi connectivity index (χ1v) is 7.23. The number of benzene rings is 3. The van der Waals surface area contributed by atoms with E-state index in [1.54, 1.807) is 0 Å². The monoisotopic (exact) mass is 258 g/mol. The molecule has 0 heteroatoms. The molecule has 1 aliphatic rings. The highest BCUT2D eigenvalue weighted by Gasteiger charge is 2.27. The third kappa shape index (κ3) is 1.42. The predicted octanol–water partition coefficient (Wildman–Crippen LogP) is 5.78. The van der Waals surface area contributed by atoms with E-state index in [-0.39, 0.29) is 5.41 Å². The van der Waals surface area contributed by atoms with Crippen molar-refractivity contribution in [3.8, 4) is 22.3 Å². The highest BCUT2D eigenvalue weighted by atomic mass is 14.3. The van der Waals surface area contributed by atoms with Gasteiger partial charge < -0.3 is 0 Å². The maximum atomic E-state index is 2.30. The molecule has 0 radical (unpaired) electrons. The Kier molecular flexibility index (Phi) is 2.18. The summed E-state index contributed by atoms with van der Waals surface area (Å²) in [5.74, 6) is 0. The lowest BCUT2D eigenvalue weighted by Crippen LogP contribution is -2.12. The fourth-order valence-corrected chi connectivity index (χ4v) is 3.47. The van der Waals surface area contributed by atoms with Gasteiger partial charge in [-0.15, -0.1) is 0 Å². The van der Waals surface area contributed by atoms with Gasteiger partial charge in [0.1, 0.15) is 0 Å². The fraction of sp³-hybridized carbons (Fsp3) is 0.200. The molecular weight excluding hydrogens is 240 g/mol. The van der Waals surface area contributed by atoms with Gasteiger partial charge in [-0.05, 0) is 44.0 Å². The number of rotatable bonds is 0. The SMILES string of the molecule is CC(C)(C)c1cccc2c1-c1cccc3cccc-2c13. The van der Waals surface area contributed by atoms with Gasteiger partial charge in [-0.25, -0.2) is 0 Å². The van der Waals surface area contributed by atoms with E-state index in [1.807, 2.05) is 0 Å². The third-order valence-corrected chi connectivity index (χ3v) is 4.34. The molecule has 1 aliphatic carbocycles. The van der Waals surface area contributed by atoms with E-state index in [0.717, 1.165) is 0 Å². The first-order chi connectivity index (χ1) is 9.57. The summed E-state index contributed by atoms with van der Waals surface area (Å²) >= 11 is 0. The number of fused-ring (bicyclic) bond motifs is 3.